The molecule has 0 aliphatic heterocycles. The Bertz CT molecular complexity index is 831. The summed E-state index contributed by atoms with van der Waals surface area (Å²) < 4.78 is 26.6. The molecule has 9 heteroatoms. The van der Waals surface area contributed by atoms with Gasteiger partial charge in [-0.05, 0) is 30.3 Å². The maximum absolute atomic E-state index is 12.2. The van der Waals surface area contributed by atoms with Crippen LogP contribution in [0, 0.1) is 0 Å². The van der Waals surface area contributed by atoms with E-state index in [1.165, 1.54) is 24.3 Å². The van der Waals surface area contributed by atoms with Gasteiger partial charge in [0.05, 0.1) is 10.6 Å². The summed E-state index contributed by atoms with van der Waals surface area (Å²) in [5.41, 5.74) is -0.340. The topological polar surface area (TPSA) is 104 Å². The zero-order valence-electron chi connectivity index (χ0n) is 10.7. The predicted molar refractivity (Wildman–Crippen MR) is 82.3 cm³/mol. The summed E-state index contributed by atoms with van der Waals surface area (Å²) in [5, 5.41) is 18.7. The zero-order valence-corrected chi connectivity index (χ0v) is 13.1. The molecule has 0 heterocycles. The molecule has 0 bridgehead atoms. The Morgan fingerprint density at radius 3 is 2.14 bits per heavy atom. The highest BCUT2D eigenvalue weighted by molar-refractivity contribution is 7.92. The molecule has 2 aromatic carbocycles. The van der Waals surface area contributed by atoms with Gasteiger partial charge >= 0.3 is 5.97 Å². The third kappa shape index (κ3) is 3.62. The van der Waals surface area contributed by atoms with E-state index in [1.807, 2.05) is 0 Å². The molecule has 116 valence electrons. The standard InChI is InChI=1S/C13H9Cl2NO5S/c14-7-3-8(15)5-10(4-7)22(20,21)16-9-1-2-11(13(18)19)12(17)6-9/h1-6,16-17H,(H,18,19). The van der Waals surface area contributed by atoms with E-state index in [1.54, 1.807) is 0 Å². The summed E-state index contributed by atoms with van der Waals surface area (Å²) in [6.45, 7) is 0. The van der Waals surface area contributed by atoms with Crippen LogP contribution in [0.25, 0.3) is 0 Å². The highest BCUT2D eigenvalue weighted by atomic mass is 35.5. The first-order valence-electron chi connectivity index (χ1n) is 5.74. The molecule has 0 fully saturated rings. The number of hydrogen-bond acceptors (Lipinski definition) is 4. The summed E-state index contributed by atoms with van der Waals surface area (Å²) in [6, 6.07) is 7.10. The van der Waals surface area contributed by atoms with Gasteiger partial charge in [-0.1, -0.05) is 23.2 Å². The van der Waals surface area contributed by atoms with Crippen LogP contribution in [0.3, 0.4) is 0 Å². The maximum atomic E-state index is 12.2. The van der Waals surface area contributed by atoms with Gasteiger partial charge in [0.25, 0.3) is 10.0 Å². The van der Waals surface area contributed by atoms with Crippen LogP contribution in [0.2, 0.25) is 10.0 Å². The van der Waals surface area contributed by atoms with E-state index in [0.29, 0.717) is 0 Å². The Balaban J connectivity index is 2.36. The molecule has 0 aromatic heterocycles. The van der Waals surface area contributed by atoms with Crippen LogP contribution in [0.15, 0.2) is 41.3 Å². The number of anilines is 1. The second-order valence-electron chi connectivity index (χ2n) is 4.25. The number of nitrogens with one attached hydrogen (secondary N) is 1. The lowest BCUT2D eigenvalue weighted by atomic mass is 10.2. The van der Waals surface area contributed by atoms with Gasteiger partial charge < -0.3 is 10.2 Å². The van der Waals surface area contributed by atoms with Crippen LogP contribution >= 0.6 is 23.2 Å². The molecular formula is C13H9Cl2NO5S. The van der Waals surface area contributed by atoms with Crippen molar-refractivity contribution in [2.24, 2.45) is 0 Å². The number of carboxylic acid groups (broad SMARTS) is 1. The Hall–Kier alpha value is -1.96. The molecule has 6 nitrogen and oxygen atoms in total. The molecule has 0 amide bonds. The van der Waals surface area contributed by atoms with Gasteiger partial charge in [-0.15, -0.1) is 0 Å². The quantitative estimate of drug-likeness (QED) is 0.775. The van der Waals surface area contributed by atoms with E-state index in [0.717, 1.165) is 12.1 Å². The van der Waals surface area contributed by atoms with E-state index in [9.17, 15) is 18.3 Å². The number of sulfonamides is 1. The second kappa shape index (κ2) is 6.04. The molecule has 0 atom stereocenters. The van der Waals surface area contributed by atoms with Crippen LogP contribution in [0.1, 0.15) is 10.4 Å². The number of aromatic hydroxyl groups is 1. The highest BCUT2D eigenvalue weighted by Crippen LogP contribution is 2.26. The molecule has 2 aromatic rings. The van der Waals surface area contributed by atoms with Gasteiger partial charge in [-0.25, -0.2) is 13.2 Å². The molecule has 0 saturated carbocycles. The van der Waals surface area contributed by atoms with Crippen molar-refractivity contribution in [2.45, 2.75) is 4.90 Å². The third-order valence-corrected chi connectivity index (χ3v) is 4.42. The normalized spacial score (nSPS) is 11.2. The maximum Gasteiger partial charge on any atom is 0.339 e. The molecule has 3 N–H and O–H groups in total. The van der Waals surface area contributed by atoms with Gasteiger partial charge in [-0.3, -0.25) is 4.72 Å². The monoisotopic (exact) mass is 361 g/mol. The van der Waals surface area contributed by atoms with Gasteiger partial charge in [-0.2, -0.15) is 0 Å². The number of carbonyl (C=O) groups is 1. The Morgan fingerprint density at radius 2 is 1.64 bits per heavy atom. The van der Waals surface area contributed by atoms with Crippen molar-refractivity contribution >= 4 is 44.9 Å². The van der Waals surface area contributed by atoms with E-state index < -0.39 is 21.7 Å². The van der Waals surface area contributed by atoms with E-state index >= 15 is 0 Å². The SMILES string of the molecule is O=C(O)c1ccc(NS(=O)(=O)c2cc(Cl)cc(Cl)c2)cc1O. The minimum absolute atomic E-state index is 0.00130. The fourth-order valence-corrected chi connectivity index (χ4v) is 3.45. The lowest BCUT2D eigenvalue weighted by Gasteiger charge is -2.10. The third-order valence-electron chi connectivity index (χ3n) is 2.63. The summed E-state index contributed by atoms with van der Waals surface area (Å²) >= 11 is 11.5. The highest BCUT2D eigenvalue weighted by Gasteiger charge is 2.17. The number of halogens is 2. The van der Waals surface area contributed by atoms with Crippen LogP contribution < -0.4 is 4.72 Å². The minimum Gasteiger partial charge on any atom is -0.507 e. The van der Waals surface area contributed by atoms with Gasteiger partial charge in [0.15, 0.2) is 0 Å². The van der Waals surface area contributed by atoms with Gasteiger partial charge in [0.2, 0.25) is 0 Å². The van der Waals surface area contributed by atoms with E-state index in [4.69, 9.17) is 28.3 Å². The fourth-order valence-electron chi connectivity index (χ4n) is 1.67. The first kappa shape index (κ1) is 16.4. The summed E-state index contributed by atoms with van der Waals surface area (Å²) in [6.07, 6.45) is 0. The van der Waals surface area contributed by atoms with Crippen molar-refractivity contribution < 1.29 is 23.4 Å². The van der Waals surface area contributed by atoms with Crippen LogP contribution in [-0.2, 0) is 10.0 Å². The van der Waals surface area contributed by atoms with Crippen molar-refractivity contribution in [1.82, 2.24) is 0 Å². The number of hydrogen-bond donors (Lipinski definition) is 3. The average molecular weight is 362 g/mol. The Morgan fingerprint density at radius 1 is 1.05 bits per heavy atom. The minimum atomic E-state index is -3.99. The van der Waals surface area contributed by atoms with Gasteiger partial charge in [0.1, 0.15) is 11.3 Å². The average Bonchev–Trinajstić information content (AvgIpc) is 2.36. The molecular weight excluding hydrogens is 353 g/mol. The fraction of sp³-hybridized carbons (Fsp3) is 0. The van der Waals surface area contributed by atoms with Crippen molar-refractivity contribution in [3.05, 3.63) is 52.0 Å². The largest absolute Gasteiger partial charge is 0.507 e. The zero-order chi connectivity index (χ0) is 16.5. The number of carboxylic acids is 1. The van der Waals surface area contributed by atoms with Crippen LogP contribution in [0.5, 0.6) is 5.75 Å². The van der Waals surface area contributed by atoms with E-state index in [2.05, 4.69) is 4.72 Å². The number of rotatable bonds is 4. The number of benzene rings is 2. The number of phenols is 1. The summed E-state index contributed by atoms with van der Waals surface area (Å²) in [7, 11) is -3.99. The van der Waals surface area contributed by atoms with Crippen molar-refractivity contribution in [2.75, 3.05) is 4.72 Å². The summed E-state index contributed by atoms with van der Waals surface area (Å²) in [4.78, 5) is 10.6. The Labute approximate surface area is 136 Å². The first-order chi connectivity index (χ1) is 10.2. The first-order valence-corrected chi connectivity index (χ1v) is 7.98. The molecule has 22 heavy (non-hydrogen) atoms. The second-order valence-corrected chi connectivity index (χ2v) is 6.80. The van der Waals surface area contributed by atoms with Crippen LogP contribution in [-0.4, -0.2) is 24.6 Å². The molecule has 0 aliphatic carbocycles. The van der Waals surface area contributed by atoms with Crippen molar-refractivity contribution in [3.8, 4) is 5.75 Å². The molecule has 2 rings (SSSR count). The lowest BCUT2D eigenvalue weighted by molar-refractivity contribution is 0.0694. The molecule has 0 spiro atoms. The Kier molecular flexibility index (Phi) is 4.50. The van der Waals surface area contributed by atoms with Gasteiger partial charge in [0, 0.05) is 16.1 Å². The lowest BCUT2D eigenvalue weighted by Crippen LogP contribution is -2.13. The van der Waals surface area contributed by atoms with Crippen molar-refractivity contribution in [1.29, 1.82) is 0 Å². The predicted octanol–water partition coefficient (Wildman–Crippen LogP) is 3.20. The molecule has 0 aliphatic rings. The van der Waals surface area contributed by atoms with E-state index in [-0.39, 0.29) is 26.2 Å². The molecule has 0 unspecified atom stereocenters. The van der Waals surface area contributed by atoms with Crippen LogP contribution in [0.4, 0.5) is 5.69 Å². The summed E-state index contributed by atoms with van der Waals surface area (Å²) in [5.74, 6) is -1.88. The van der Waals surface area contributed by atoms with Crippen molar-refractivity contribution in [3.63, 3.8) is 0 Å². The molecule has 0 radical (unpaired) electrons. The molecule has 0 saturated heterocycles. The smallest absolute Gasteiger partial charge is 0.339 e. The number of aromatic carboxylic acids is 1.